The predicted octanol–water partition coefficient (Wildman–Crippen LogP) is 5.02. The lowest BCUT2D eigenvalue weighted by Gasteiger charge is -2.31. The van der Waals surface area contributed by atoms with Gasteiger partial charge in [-0.2, -0.15) is 4.31 Å². The summed E-state index contributed by atoms with van der Waals surface area (Å²) < 4.78 is 38.6. The van der Waals surface area contributed by atoms with Gasteiger partial charge in [-0.05, 0) is 64.1 Å². The molecule has 0 N–H and O–H groups in total. The Labute approximate surface area is 201 Å². The number of esters is 1. The number of ether oxygens (including phenoxy) is 2. The molecule has 1 atom stereocenters. The number of amides is 1. The van der Waals surface area contributed by atoms with Gasteiger partial charge in [-0.3, -0.25) is 0 Å². The predicted molar refractivity (Wildman–Crippen MR) is 127 cm³/mol. The minimum absolute atomic E-state index is 0.0569. The molecule has 0 fully saturated rings. The molecule has 2 aromatic carbocycles. The van der Waals surface area contributed by atoms with Crippen molar-refractivity contribution >= 4 is 49.8 Å². The van der Waals surface area contributed by atoms with E-state index < -0.39 is 33.7 Å². The Kier molecular flexibility index (Phi) is 8.78. The van der Waals surface area contributed by atoms with E-state index in [4.69, 9.17) is 9.47 Å². The molecule has 0 heterocycles. The van der Waals surface area contributed by atoms with E-state index in [0.29, 0.717) is 4.31 Å². The quantitative estimate of drug-likeness (QED) is 0.357. The molecule has 0 spiro atoms. The fourth-order valence-corrected chi connectivity index (χ4v) is 5.36. The number of methoxy groups -OCH3 is 1. The van der Waals surface area contributed by atoms with E-state index >= 15 is 0 Å². The third-order valence-corrected chi connectivity index (χ3v) is 7.53. The molecule has 2 aromatic rings. The Bertz CT molecular complexity index is 1050. The lowest BCUT2D eigenvalue weighted by atomic mass is 10.2. The minimum atomic E-state index is -4.42. The van der Waals surface area contributed by atoms with Gasteiger partial charge in [-0.15, -0.1) is 11.8 Å². The highest BCUT2D eigenvalue weighted by atomic mass is 79.9. The second kappa shape index (κ2) is 10.7. The third kappa shape index (κ3) is 6.98. The van der Waals surface area contributed by atoms with Gasteiger partial charge in [0.2, 0.25) is 0 Å². The fourth-order valence-electron chi connectivity index (χ4n) is 2.60. The third-order valence-electron chi connectivity index (χ3n) is 4.13. The van der Waals surface area contributed by atoms with Crippen LogP contribution in [-0.4, -0.2) is 49.3 Å². The first-order valence-electron chi connectivity index (χ1n) is 9.65. The summed E-state index contributed by atoms with van der Waals surface area (Å²) in [5, 5.41) is 0. The highest BCUT2D eigenvalue weighted by Gasteiger charge is 2.42. The first-order chi connectivity index (χ1) is 14.8. The molecule has 174 valence electrons. The lowest BCUT2D eigenvalue weighted by molar-refractivity contribution is -0.144. The number of halogens is 1. The molecule has 0 bridgehead atoms. The van der Waals surface area contributed by atoms with Crippen molar-refractivity contribution in [2.75, 3.05) is 12.9 Å². The summed E-state index contributed by atoms with van der Waals surface area (Å²) in [6.45, 7) is 6.66. The number of carbonyl (C=O) groups excluding carboxylic acids is 2. The Morgan fingerprint density at radius 3 is 2.12 bits per heavy atom. The summed E-state index contributed by atoms with van der Waals surface area (Å²) in [6.07, 6.45) is -1.15. The zero-order chi connectivity index (χ0) is 24.1. The van der Waals surface area contributed by atoms with E-state index in [1.165, 1.54) is 23.9 Å². The van der Waals surface area contributed by atoms with Gasteiger partial charge in [0.15, 0.2) is 6.04 Å². The summed E-state index contributed by atoms with van der Waals surface area (Å²) >= 11 is 4.58. The number of nitrogens with zero attached hydrogens (tertiary/aromatic N) is 1. The van der Waals surface area contributed by atoms with E-state index in [2.05, 4.69) is 15.9 Å². The van der Waals surface area contributed by atoms with E-state index in [0.717, 1.165) is 22.0 Å². The van der Waals surface area contributed by atoms with Crippen LogP contribution in [0.15, 0.2) is 62.8 Å². The van der Waals surface area contributed by atoms with Crippen LogP contribution in [0.25, 0.3) is 0 Å². The van der Waals surface area contributed by atoms with Crippen molar-refractivity contribution in [3.63, 3.8) is 0 Å². The number of thioether (sulfide) groups is 1. The Morgan fingerprint density at radius 1 is 1.06 bits per heavy atom. The molecule has 0 radical (unpaired) electrons. The van der Waals surface area contributed by atoms with E-state index in [1.54, 1.807) is 32.9 Å². The molecule has 0 aliphatic carbocycles. The number of sulfonamides is 1. The summed E-state index contributed by atoms with van der Waals surface area (Å²) in [4.78, 5) is 26.4. The van der Waals surface area contributed by atoms with Gasteiger partial charge < -0.3 is 9.47 Å². The van der Waals surface area contributed by atoms with Gasteiger partial charge in [0, 0.05) is 15.1 Å². The first-order valence-corrected chi connectivity index (χ1v) is 12.9. The molecule has 1 unspecified atom stereocenters. The number of rotatable bonds is 7. The summed E-state index contributed by atoms with van der Waals surface area (Å²) in [6, 6.07) is 11.8. The monoisotopic (exact) mass is 543 g/mol. The maximum Gasteiger partial charge on any atom is 0.425 e. The van der Waals surface area contributed by atoms with Crippen LogP contribution in [0.5, 0.6) is 0 Å². The highest BCUT2D eigenvalue weighted by Crippen LogP contribution is 2.28. The smallest absolute Gasteiger partial charge is 0.425 e. The van der Waals surface area contributed by atoms with Crippen molar-refractivity contribution in [3.05, 3.63) is 58.6 Å². The van der Waals surface area contributed by atoms with Gasteiger partial charge in [0.25, 0.3) is 10.0 Å². The van der Waals surface area contributed by atoms with Gasteiger partial charge in [0.05, 0.1) is 12.0 Å². The average Bonchev–Trinajstić information content (AvgIpc) is 2.70. The molecule has 10 heteroatoms. The Balaban J connectivity index is 2.50. The molecular formula is C22H26BrNO6S2. The lowest BCUT2D eigenvalue weighted by Crippen LogP contribution is -2.51. The number of aryl methyl sites for hydroxylation is 1. The first kappa shape index (κ1) is 26.2. The Morgan fingerprint density at radius 2 is 1.62 bits per heavy atom. The second-order valence-electron chi connectivity index (χ2n) is 7.90. The minimum Gasteiger partial charge on any atom is -0.467 e. The molecule has 0 aliphatic rings. The van der Waals surface area contributed by atoms with Crippen molar-refractivity contribution in [3.8, 4) is 0 Å². The average molecular weight is 544 g/mol. The molecule has 0 saturated carbocycles. The number of hydrogen-bond acceptors (Lipinski definition) is 7. The van der Waals surface area contributed by atoms with Crippen LogP contribution < -0.4 is 0 Å². The zero-order valence-corrected chi connectivity index (χ0v) is 21.7. The molecule has 7 nitrogen and oxygen atoms in total. The van der Waals surface area contributed by atoms with Crippen LogP contribution in [-0.2, 0) is 24.3 Å². The molecule has 2 rings (SSSR count). The van der Waals surface area contributed by atoms with Crippen LogP contribution >= 0.6 is 27.7 Å². The zero-order valence-electron chi connectivity index (χ0n) is 18.5. The molecular weight excluding hydrogens is 518 g/mol. The number of benzene rings is 2. The van der Waals surface area contributed by atoms with Gasteiger partial charge >= 0.3 is 12.1 Å². The largest absolute Gasteiger partial charge is 0.467 e. The van der Waals surface area contributed by atoms with Gasteiger partial charge in [0.1, 0.15) is 5.60 Å². The second-order valence-corrected chi connectivity index (χ2v) is 11.7. The van der Waals surface area contributed by atoms with E-state index in [1.807, 2.05) is 31.2 Å². The van der Waals surface area contributed by atoms with Crippen LogP contribution in [0.4, 0.5) is 4.79 Å². The van der Waals surface area contributed by atoms with Crippen molar-refractivity contribution in [2.24, 2.45) is 0 Å². The van der Waals surface area contributed by atoms with Crippen molar-refractivity contribution in [1.29, 1.82) is 0 Å². The van der Waals surface area contributed by atoms with Crippen molar-refractivity contribution in [2.45, 2.75) is 49.1 Å². The number of carbonyl (C=O) groups is 2. The van der Waals surface area contributed by atoms with Crippen LogP contribution in [0, 0.1) is 6.92 Å². The van der Waals surface area contributed by atoms with Crippen LogP contribution in [0.3, 0.4) is 0 Å². The molecule has 0 saturated heterocycles. The highest BCUT2D eigenvalue weighted by molar-refractivity contribution is 9.10. The summed E-state index contributed by atoms with van der Waals surface area (Å²) in [5.74, 6) is -0.922. The summed E-state index contributed by atoms with van der Waals surface area (Å²) in [5.41, 5.74) is -0.124. The summed E-state index contributed by atoms with van der Waals surface area (Å²) in [7, 11) is -3.27. The van der Waals surface area contributed by atoms with Gasteiger partial charge in [-0.1, -0.05) is 33.6 Å². The molecule has 32 heavy (non-hydrogen) atoms. The molecule has 0 aliphatic heterocycles. The van der Waals surface area contributed by atoms with Crippen molar-refractivity contribution in [1.82, 2.24) is 4.31 Å². The maximum atomic E-state index is 13.5. The molecule has 0 aromatic heterocycles. The van der Waals surface area contributed by atoms with Crippen LogP contribution in [0.2, 0.25) is 0 Å². The fraction of sp³-hybridized carbons (Fsp3) is 0.364. The normalized spacial score (nSPS) is 12.7. The topological polar surface area (TPSA) is 90.0 Å². The Hall–Kier alpha value is -2.04. The standard InChI is InChI=1S/C22H26BrNO6S2/c1-15-6-12-18(13-7-15)32(27,28)24(21(26)30-22(2,3)4)19(20(25)29-5)14-31-17-10-8-16(23)9-11-17/h6-13,19H,14H2,1-5H3. The SMILES string of the molecule is COC(=O)C(CSc1ccc(Br)cc1)N(C(=O)OC(C)(C)C)S(=O)(=O)c1ccc(C)cc1. The molecule has 1 amide bonds. The maximum absolute atomic E-state index is 13.5. The number of hydrogen-bond donors (Lipinski definition) is 0. The van der Waals surface area contributed by atoms with Crippen LogP contribution in [0.1, 0.15) is 26.3 Å². The van der Waals surface area contributed by atoms with E-state index in [9.17, 15) is 18.0 Å². The van der Waals surface area contributed by atoms with Gasteiger partial charge in [-0.25, -0.2) is 18.0 Å². The van der Waals surface area contributed by atoms with Crippen molar-refractivity contribution < 1.29 is 27.5 Å². The van der Waals surface area contributed by atoms with E-state index in [-0.39, 0.29) is 10.6 Å².